The molecule has 2 aromatic carbocycles. The Morgan fingerprint density at radius 2 is 1.85 bits per heavy atom. The minimum Gasteiger partial charge on any atom is -0.489 e. The molecule has 1 atom stereocenters. The Labute approximate surface area is 125 Å². The second-order valence-electron chi connectivity index (χ2n) is 4.75. The molecule has 0 saturated heterocycles. The van der Waals surface area contributed by atoms with Crippen molar-refractivity contribution in [3.63, 3.8) is 0 Å². The molecular formula is C17H20ClNO. The van der Waals surface area contributed by atoms with Crippen molar-refractivity contribution in [1.82, 2.24) is 0 Å². The molecule has 0 spiro atoms. The average molecular weight is 290 g/mol. The number of anilines is 1. The standard InChI is InChI=1S/C17H20ClNO/c1-3-14(20-15-8-5-4-6-9-15)12-19-17-11-7-10-16(18)13(17)2/h4-11,14,19H,3,12H2,1-2H3. The van der Waals surface area contributed by atoms with Crippen LogP contribution in [-0.2, 0) is 0 Å². The molecule has 1 unspecified atom stereocenters. The Morgan fingerprint density at radius 3 is 2.55 bits per heavy atom. The normalized spacial score (nSPS) is 11.9. The first-order chi connectivity index (χ1) is 9.70. The number of nitrogens with one attached hydrogen (secondary N) is 1. The topological polar surface area (TPSA) is 21.3 Å². The second kappa shape index (κ2) is 7.20. The fourth-order valence-corrected chi connectivity index (χ4v) is 2.16. The highest BCUT2D eigenvalue weighted by atomic mass is 35.5. The molecular weight excluding hydrogens is 270 g/mol. The summed E-state index contributed by atoms with van der Waals surface area (Å²) in [7, 11) is 0. The zero-order chi connectivity index (χ0) is 14.4. The molecule has 0 radical (unpaired) electrons. The van der Waals surface area contributed by atoms with Crippen molar-refractivity contribution in [2.75, 3.05) is 11.9 Å². The molecule has 3 heteroatoms. The molecule has 0 fully saturated rings. The minimum absolute atomic E-state index is 0.135. The Hall–Kier alpha value is -1.67. The summed E-state index contributed by atoms with van der Waals surface area (Å²) < 4.78 is 5.96. The fraction of sp³-hybridized carbons (Fsp3) is 0.294. The van der Waals surface area contributed by atoms with Crippen molar-refractivity contribution in [3.05, 3.63) is 59.1 Å². The van der Waals surface area contributed by atoms with Crippen LogP contribution in [0, 0.1) is 6.92 Å². The van der Waals surface area contributed by atoms with Gasteiger partial charge in [-0.25, -0.2) is 0 Å². The molecule has 0 amide bonds. The number of hydrogen-bond donors (Lipinski definition) is 1. The molecule has 0 saturated carbocycles. The summed E-state index contributed by atoms with van der Waals surface area (Å²) in [5.74, 6) is 0.906. The van der Waals surface area contributed by atoms with E-state index in [0.717, 1.165) is 35.0 Å². The van der Waals surface area contributed by atoms with Gasteiger partial charge in [0.1, 0.15) is 11.9 Å². The van der Waals surface area contributed by atoms with Crippen molar-refractivity contribution in [2.24, 2.45) is 0 Å². The van der Waals surface area contributed by atoms with Gasteiger partial charge in [0, 0.05) is 10.7 Å². The van der Waals surface area contributed by atoms with E-state index >= 15 is 0 Å². The molecule has 20 heavy (non-hydrogen) atoms. The van der Waals surface area contributed by atoms with Crippen molar-refractivity contribution >= 4 is 17.3 Å². The highest BCUT2D eigenvalue weighted by Gasteiger charge is 2.09. The summed E-state index contributed by atoms with van der Waals surface area (Å²) in [6.07, 6.45) is 1.08. The van der Waals surface area contributed by atoms with Crippen LogP contribution >= 0.6 is 11.6 Å². The SMILES string of the molecule is CCC(CNc1cccc(Cl)c1C)Oc1ccccc1. The summed E-state index contributed by atoms with van der Waals surface area (Å²) in [5, 5.41) is 4.20. The van der Waals surface area contributed by atoms with E-state index in [1.807, 2.05) is 55.5 Å². The van der Waals surface area contributed by atoms with Crippen LogP contribution in [0.2, 0.25) is 5.02 Å². The lowest BCUT2D eigenvalue weighted by molar-refractivity contribution is 0.210. The van der Waals surface area contributed by atoms with Crippen LogP contribution in [0.3, 0.4) is 0 Å². The first kappa shape index (κ1) is 14.7. The minimum atomic E-state index is 0.135. The summed E-state index contributed by atoms with van der Waals surface area (Å²) in [6, 6.07) is 15.8. The lowest BCUT2D eigenvalue weighted by Gasteiger charge is -2.19. The maximum absolute atomic E-state index is 6.12. The van der Waals surface area contributed by atoms with Gasteiger partial charge >= 0.3 is 0 Å². The predicted octanol–water partition coefficient (Wildman–Crippen LogP) is 4.92. The second-order valence-corrected chi connectivity index (χ2v) is 5.16. The van der Waals surface area contributed by atoms with Crippen LogP contribution in [0.15, 0.2) is 48.5 Å². The summed E-state index contributed by atoms with van der Waals surface area (Å²) in [5.41, 5.74) is 2.14. The van der Waals surface area contributed by atoms with E-state index < -0.39 is 0 Å². The van der Waals surface area contributed by atoms with Gasteiger partial charge in [-0.3, -0.25) is 0 Å². The molecule has 0 aliphatic heterocycles. The first-order valence-electron chi connectivity index (χ1n) is 6.91. The Bertz CT molecular complexity index is 542. The highest BCUT2D eigenvalue weighted by Crippen LogP contribution is 2.23. The molecule has 0 aliphatic rings. The molecule has 0 heterocycles. The van der Waals surface area contributed by atoms with Crippen LogP contribution in [0.25, 0.3) is 0 Å². The van der Waals surface area contributed by atoms with Crippen molar-refractivity contribution in [2.45, 2.75) is 26.4 Å². The number of rotatable bonds is 6. The Morgan fingerprint density at radius 1 is 1.10 bits per heavy atom. The lowest BCUT2D eigenvalue weighted by atomic mass is 10.2. The summed E-state index contributed by atoms with van der Waals surface area (Å²) in [6.45, 7) is 4.90. The molecule has 2 aromatic rings. The highest BCUT2D eigenvalue weighted by molar-refractivity contribution is 6.31. The van der Waals surface area contributed by atoms with E-state index in [1.54, 1.807) is 0 Å². The molecule has 106 valence electrons. The molecule has 2 nitrogen and oxygen atoms in total. The summed E-state index contributed by atoms with van der Waals surface area (Å²) in [4.78, 5) is 0. The molecule has 0 aromatic heterocycles. The Kier molecular flexibility index (Phi) is 5.31. The maximum atomic E-state index is 6.12. The third-order valence-corrected chi connectivity index (χ3v) is 3.70. The first-order valence-corrected chi connectivity index (χ1v) is 7.29. The maximum Gasteiger partial charge on any atom is 0.119 e. The third-order valence-electron chi connectivity index (χ3n) is 3.29. The number of para-hydroxylation sites is 1. The van der Waals surface area contributed by atoms with E-state index in [0.29, 0.717) is 0 Å². The van der Waals surface area contributed by atoms with Crippen molar-refractivity contribution < 1.29 is 4.74 Å². The monoisotopic (exact) mass is 289 g/mol. The molecule has 2 rings (SSSR count). The van der Waals surface area contributed by atoms with E-state index in [9.17, 15) is 0 Å². The molecule has 1 N–H and O–H groups in total. The van der Waals surface area contributed by atoms with Gasteiger partial charge in [0.15, 0.2) is 0 Å². The Balaban J connectivity index is 1.95. The third kappa shape index (κ3) is 3.91. The quantitative estimate of drug-likeness (QED) is 0.815. The largest absolute Gasteiger partial charge is 0.489 e. The van der Waals surface area contributed by atoms with E-state index in [-0.39, 0.29) is 6.10 Å². The molecule has 0 bridgehead atoms. The predicted molar refractivity (Wildman–Crippen MR) is 85.8 cm³/mol. The fourth-order valence-electron chi connectivity index (χ4n) is 1.98. The number of benzene rings is 2. The number of hydrogen-bond acceptors (Lipinski definition) is 2. The van der Waals surface area contributed by atoms with Gasteiger partial charge in [0.25, 0.3) is 0 Å². The zero-order valence-electron chi connectivity index (χ0n) is 11.9. The van der Waals surface area contributed by atoms with E-state index in [1.165, 1.54) is 0 Å². The van der Waals surface area contributed by atoms with Crippen molar-refractivity contribution in [3.8, 4) is 5.75 Å². The smallest absolute Gasteiger partial charge is 0.119 e. The van der Waals surface area contributed by atoms with Crippen LogP contribution in [0.1, 0.15) is 18.9 Å². The summed E-state index contributed by atoms with van der Waals surface area (Å²) >= 11 is 6.12. The number of halogens is 1. The van der Waals surface area contributed by atoms with E-state index in [2.05, 4.69) is 12.2 Å². The van der Waals surface area contributed by atoms with Gasteiger partial charge in [-0.15, -0.1) is 0 Å². The van der Waals surface area contributed by atoms with Crippen LogP contribution in [0.4, 0.5) is 5.69 Å². The van der Waals surface area contributed by atoms with Gasteiger partial charge in [-0.05, 0) is 43.2 Å². The van der Waals surface area contributed by atoms with Gasteiger partial charge in [0.05, 0.1) is 6.54 Å². The van der Waals surface area contributed by atoms with Gasteiger partial charge in [-0.2, -0.15) is 0 Å². The van der Waals surface area contributed by atoms with Crippen molar-refractivity contribution in [1.29, 1.82) is 0 Å². The van der Waals surface area contributed by atoms with Gasteiger partial charge < -0.3 is 10.1 Å². The van der Waals surface area contributed by atoms with E-state index in [4.69, 9.17) is 16.3 Å². The van der Waals surface area contributed by atoms with Gasteiger partial charge in [0.2, 0.25) is 0 Å². The molecule has 0 aliphatic carbocycles. The number of ether oxygens (including phenoxy) is 1. The zero-order valence-corrected chi connectivity index (χ0v) is 12.7. The lowest BCUT2D eigenvalue weighted by Crippen LogP contribution is -2.25. The van der Waals surface area contributed by atoms with Crippen LogP contribution < -0.4 is 10.1 Å². The average Bonchev–Trinajstić information content (AvgIpc) is 2.48. The van der Waals surface area contributed by atoms with Crippen LogP contribution in [0.5, 0.6) is 5.75 Å². The van der Waals surface area contributed by atoms with Gasteiger partial charge in [-0.1, -0.05) is 42.8 Å². The van der Waals surface area contributed by atoms with Crippen LogP contribution in [-0.4, -0.2) is 12.6 Å².